The van der Waals surface area contributed by atoms with E-state index in [9.17, 15) is 16.8 Å². The highest BCUT2D eigenvalue weighted by atomic mass is 32.3. The quantitative estimate of drug-likeness (QED) is 0.285. The number of sulfonamides is 1. The Hall–Kier alpha value is -1.81. The normalized spacial score (nSPS) is 13.2. The van der Waals surface area contributed by atoms with Crippen molar-refractivity contribution >= 4 is 31.4 Å². The second-order valence-electron chi connectivity index (χ2n) is 4.23. The molecule has 20 heavy (non-hydrogen) atoms. The molecule has 0 aliphatic carbocycles. The van der Waals surface area contributed by atoms with Crippen LogP contribution in [-0.4, -0.2) is 39.2 Å². The van der Waals surface area contributed by atoms with Crippen molar-refractivity contribution < 1.29 is 22.0 Å². The number of hydrogen-bond donors (Lipinski definition) is 3. The number of rotatable bonds is 6. The van der Waals surface area contributed by atoms with Crippen LogP contribution >= 0.6 is 0 Å². The minimum atomic E-state index is -3.96. The van der Waals surface area contributed by atoms with E-state index >= 15 is 0 Å². The van der Waals surface area contributed by atoms with E-state index in [4.69, 9.17) is 10.9 Å². The van der Waals surface area contributed by atoms with Gasteiger partial charge in [-0.1, -0.05) is 17.3 Å². The van der Waals surface area contributed by atoms with E-state index in [-0.39, 0.29) is 17.9 Å². The van der Waals surface area contributed by atoms with Crippen LogP contribution in [0, 0.1) is 0 Å². The first-order valence-electron chi connectivity index (χ1n) is 5.35. The molecule has 0 unspecified atom stereocenters. The molecule has 0 aliphatic rings. The molecule has 1 aromatic rings. The standard InChI is InChI=1S/C10H15N3O5S2/c1-19(15,16)7-20(17,18)13-9-4-2-8(3-5-9)6-10(11)12-14/h2-5,13-14H,6-7H2,1H3,(H2,11,12). The van der Waals surface area contributed by atoms with Gasteiger partial charge in [0, 0.05) is 18.4 Å². The molecule has 0 saturated heterocycles. The van der Waals surface area contributed by atoms with Crippen molar-refractivity contribution in [1.82, 2.24) is 0 Å². The molecule has 1 rings (SSSR count). The Morgan fingerprint density at radius 2 is 1.80 bits per heavy atom. The van der Waals surface area contributed by atoms with Crippen molar-refractivity contribution in [2.24, 2.45) is 10.9 Å². The van der Waals surface area contributed by atoms with Crippen molar-refractivity contribution in [2.75, 3.05) is 16.1 Å². The fourth-order valence-corrected chi connectivity index (χ4v) is 4.41. The number of anilines is 1. The molecule has 1 aromatic carbocycles. The summed E-state index contributed by atoms with van der Waals surface area (Å²) in [6.07, 6.45) is 1.05. The Labute approximate surface area is 117 Å². The molecule has 0 heterocycles. The fourth-order valence-electron chi connectivity index (χ4n) is 1.43. The maximum atomic E-state index is 11.6. The first-order chi connectivity index (χ1) is 9.11. The Balaban J connectivity index is 2.80. The van der Waals surface area contributed by atoms with Crippen LogP contribution in [0.2, 0.25) is 0 Å². The minimum Gasteiger partial charge on any atom is -0.409 e. The fraction of sp³-hybridized carbons (Fsp3) is 0.300. The number of benzene rings is 1. The van der Waals surface area contributed by atoms with Crippen LogP contribution in [-0.2, 0) is 26.3 Å². The van der Waals surface area contributed by atoms with Gasteiger partial charge in [-0.2, -0.15) is 0 Å². The van der Waals surface area contributed by atoms with Gasteiger partial charge in [-0.25, -0.2) is 16.8 Å². The van der Waals surface area contributed by atoms with E-state index in [0.717, 1.165) is 6.26 Å². The van der Waals surface area contributed by atoms with E-state index in [2.05, 4.69) is 9.88 Å². The summed E-state index contributed by atoms with van der Waals surface area (Å²) in [4.78, 5) is 0. The van der Waals surface area contributed by atoms with Crippen molar-refractivity contribution in [1.29, 1.82) is 0 Å². The topological polar surface area (TPSA) is 139 Å². The van der Waals surface area contributed by atoms with Crippen LogP contribution in [0.4, 0.5) is 5.69 Å². The third-order valence-corrected chi connectivity index (χ3v) is 5.61. The van der Waals surface area contributed by atoms with Gasteiger partial charge in [0.25, 0.3) is 0 Å². The molecule has 0 aliphatic heterocycles. The summed E-state index contributed by atoms with van der Waals surface area (Å²) >= 11 is 0. The van der Waals surface area contributed by atoms with Crippen LogP contribution in [0.25, 0.3) is 0 Å². The van der Waals surface area contributed by atoms with Gasteiger partial charge in [0.05, 0.1) is 0 Å². The third kappa shape index (κ3) is 5.89. The number of amidine groups is 1. The number of nitrogens with one attached hydrogen (secondary N) is 1. The summed E-state index contributed by atoms with van der Waals surface area (Å²) in [5, 5.41) is 10.3. The lowest BCUT2D eigenvalue weighted by molar-refractivity contribution is 0.317. The third-order valence-electron chi connectivity index (χ3n) is 2.11. The van der Waals surface area contributed by atoms with Crippen LogP contribution in [0.1, 0.15) is 5.56 Å². The lowest BCUT2D eigenvalue weighted by Crippen LogP contribution is -2.22. The summed E-state index contributed by atoms with van der Waals surface area (Å²) in [5.74, 6) is 0.0235. The Morgan fingerprint density at radius 1 is 1.25 bits per heavy atom. The van der Waals surface area contributed by atoms with Gasteiger partial charge < -0.3 is 10.9 Å². The van der Waals surface area contributed by atoms with Crippen LogP contribution in [0.3, 0.4) is 0 Å². The average Bonchev–Trinajstić information content (AvgIpc) is 2.28. The van der Waals surface area contributed by atoms with E-state index in [1.165, 1.54) is 12.1 Å². The van der Waals surface area contributed by atoms with Gasteiger partial charge >= 0.3 is 0 Å². The van der Waals surface area contributed by atoms with Crippen LogP contribution < -0.4 is 10.5 Å². The Bertz CT molecular complexity index is 693. The summed E-state index contributed by atoms with van der Waals surface area (Å²) < 4.78 is 47.2. The zero-order valence-corrected chi connectivity index (χ0v) is 12.3. The number of nitrogens with zero attached hydrogens (tertiary/aromatic N) is 1. The molecule has 0 atom stereocenters. The second kappa shape index (κ2) is 6.09. The Kier molecular flexibility index (Phi) is 4.95. The smallest absolute Gasteiger partial charge is 0.247 e. The number of hydrogen-bond acceptors (Lipinski definition) is 6. The van der Waals surface area contributed by atoms with Crippen molar-refractivity contribution in [2.45, 2.75) is 6.42 Å². The maximum Gasteiger partial charge on any atom is 0.247 e. The maximum absolute atomic E-state index is 11.6. The lowest BCUT2D eigenvalue weighted by Gasteiger charge is -2.07. The molecule has 0 aromatic heterocycles. The Morgan fingerprint density at radius 3 is 2.25 bits per heavy atom. The molecule has 112 valence electrons. The van der Waals surface area contributed by atoms with Crippen molar-refractivity contribution in [3.05, 3.63) is 29.8 Å². The van der Waals surface area contributed by atoms with Crippen molar-refractivity contribution in [3.63, 3.8) is 0 Å². The van der Waals surface area contributed by atoms with Gasteiger partial charge in [0.2, 0.25) is 10.0 Å². The predicted molar refractivity (Wildman–Crippen MR) is 75.8 cm³/mol. The SMILES string of the molecule is CS(=O)(=O)CS(=O)(=O)Nc1ccc(C/C(N)=N/O)cc1. The molecule has 0 radical (unpaired) electrons. The highest BCUT2D eigenvalue weighted by Gasteiger charge is 2.17. The first kappa shape index (κ1) is 16.2. The van der Waals surface area contributed by atoms with Gasteiger partial charge in [0.15, 0.2) is 14.9 Å². The number of nitrogens with two attached hydrogens (primary N) is 1. The van der Waals surface area contributed by atoms with Crippen LogP contribution in [0.15, 0.2) is 29.4 Å². The van der Waals surface area contributed by atoms with E-state index in [1.54, 1.807) is 12.1 Å². The number of oxime groups is 1. The summed E-state index contributed by atoms with van der Waals surface area (Å²) in [6.45, 7) is 0. The van der Waals surface area contributed by atoms with E-state index in [1.807, 2.05) is 0 Å². The van der Waals surface area contributed by atoms with Gasteiger partial charge in [-0.15, -0.1) is 0 Å². The summed E-state index contributed by atoms with van der Waals surface area (Å²) in [6, 6.07) is 6.08. The predicted octanol–water partition coefficient (Wildman–Crippen LogP) is -0.281. The molecule has 0 spiro atoms. The molecular formula is C10H15N3O5S2. The van der Waals surface area contributed by atoms with Gasteiger partial charge in [-0.3, -0.25) is 4.72 Å². The van der Waals surface area contributed by atoms with E-state index < -0.39 is 24.9 Å². The summed E-state index contributed by atoms with van der Waals surface area (Å²) in [7, 11) is -7.60. The summed E-state index contributed by atoms with van der Waals surface area (Å²) in [5.41, 5.74) is 6.28. The van der Waals surface area contributed by atoms with Gasteiger partial charge in [-0.05, 0) is 17.7 Å². The molecule has 0 amide bonds. The van der Waals surface area contributed by atoms with Crippen LogP contribution in [0.5, 0.6) is 0 Å². The second-order valence-corrected chi connectivity index (χ2v) is 8.45. The first-order valence-corrected chi connectivity index (χ1v) is 9.06. The molecule has 10 heteroatoms. The van der Waals surface area contributed by atoms with Crippen molar-refractivity contribution in [3.8, 4) is 0 Å². The zero-order valence-electron chi connectivity index (χ0n) is 10.6. The highest BCUT2D eigenvalue weighted by molar-refractivity contribution is 8.08. The molecule has 4 N–H and O–H groups in total. The highest BCUT2D eigenvalue weighted by Crippen LogP contribution is 2.12. The molecule has 0 bridgehead atoms. The van der Waals surface area contributed by atoms with Gasteiger partial charge in [0.1, 0.15) is 5.84 Å². The molecule has 0 saturated carbocycles. The largest absolute Gasteiger partial charge is 0.409 e. The number of sulfone groups is 1. The monoisotopic (exact) mass is 321 g/mol. The molecule has 0 fully saturated rings. The zero-order chi connectivity index (χ0) is 15.4. The molecule has 8 nitrogen and oxygen atoms in total. The average molecular weight is 321 g/mol. The lowest BCUT2D eigenvalue weighted by atomic mass is 10.1. The molecular weight excluding hydrogens is 306 g/mol. The van der Waals surface area contributed by atoms with E-state index in [0.29, 0.717) is 5.56 Å². The minimum absolute atomic E-state index is 0.0235.